The number of unbranched alkanes of at least 4 members (excludes halogenated alkanes) is 30. The molecule has 6 nitrogen and oxygen atoms in total. The van der Waals surface area contributed by atoms with Crippen molar-refractivity contribution in [2.75, 3.05) is 13.2 Å². The van der Waals surface area contributed by atoms with Gasteiger partial charge in [0.15, 0.2) is 6.10 Å². The van der Waals surface area contributed by atoms with Crippen molar-refractivity contribution in [1.29, 1.82) is 0 Å². The average molecular weight is 807 g/mol. The van der Waals surface area contributed by atoms with E-state index in [0.29, 0.717) is 19.3 Å². The van der Waals surface area contributed by atoms with Crippen molar-refractivity contribution in [1.82, 2.24) is 0 Å². The Morgan fingerprint density at radius 1 is 0.333 bits per heavy atom. The molecule has 0 amide bonds. The molecule has 0 fully saturated rings. The maximum Gasteiger partial charge on any atom is 0.306 e. The van der Waals surface area contributed by atoms with Gasteiger partial charge in [0.1, 0.15) is 13.2 Å². The van der Waals surface area contributed by atoms with Gasteiger partial charge in [-0.25, -0.2) is 0 Å². The van der Waals surface area contributed by atoms with Gasteiger partial charge in [-0.1, -0.05) is 240 Å². The smallest absolute Gasteiger partial charge is 0.306 e. The second-order valence-corrected chi connectivity index (χ2v) is 18.4. The average Bonchev–Trinajstić information content (AvgIpc) is 3.18. The molecule has 0 rings (SSSR count). The fourth-order valence-corrected chi connectivity index (χ4v) is 7.64. The lowest BCUT2D eigenvalue weighted by Gasteiger charge is -2.18. The predicted octanol–water partition coefficient (Wildman–Crippen LogP) is 16.1. The van der Waals surface area contributed by atoms with Crippen molar-refractivity contribution in [2.24, 2.45) is 11.8 Å². The van der Waals surface area contributed by atoms with Crippen LogP contribution in [-0.2, 0) is 28.6 Å². The minimum Gasteiger partial charge on any atom is -0.462 e. The van der Waals surface area contributed by atoms with Crippen molar-refractivity contribution in [2.45, 2.75) is 285 Å². The molecule has 0 aliphatic rings. The molecule has 0 aromatic rings. The second-order valence-electron chi connectivity index (χ2n) is 18.4. The highest BCUT2D eigenvalue weighted by atomic mass is 16.6. The fourth-order valence-electron chi connectivity index (χ4n) is 7.64. The van der Waals surface area contributed by atoms with Gasteiger partial charge in [-0.3, -0.25) is 14.4 Å². The third kappa shape index (κ3) is 45.3. The third-order valence-electron chi connectivity index (χ3n) is 11.5. The Bertz CT molecular complexity index is 870. The third-order valence-corrected chi connectivity index (χ3v) is 11.5. The second kappa shape index (κ2) is 44.0. The molecule has 338 valence electrons. The molecule has 0 bridgehead atoms. The van der Waals surface area contributed by atoms with E-state index in [-0.39, 0.29) is 31.1 Å². The number of carbonyl (C=O) groups excluding carboxylic acids is 3. The molecule has 0 aromatic heterocycles. The van der Waals surface area contributed by atoms with Gasteiger partial charge < -0.3 is 14.2 Å². The maximum absolute atomic E-state index is 12.7. The molecule has 57 heavy (non-hydrogen) atoms. The van der Waals surface area contributed by atoms with Crippen LogP contribution in [0.25, 0.3) is 0 Å². The normalized spacial score (nSPS) is 12.1. The summed E-state index contributed by atoms with van der Waals surface area (Å²) in [4.78, 5) is 37.8. The summed E-state index contributed by atoms with van der Waals surface area (Å²) in [6.07, 6.45) is 43.8. The molecule has 0 N–H and O–H groups in total. The first kappa shape index (κ1) is 55.4. The van der Waals surface area contributed by atoms with Crippen LogP contribution in [0.4, 0.5) is 0 Å². The SMILES string of the molecule is CCCCCCCCCCCCCC(=O)O[C@H](COC(=O)CCCCCCCCCCCCCCCCC(C)C)COC(=O)CCCCCCCCCCC(C)C. The highest BCUT2D eigenvalue weighted by molar-refractivity contribution is 5.71. The molecular weight excluding hydrogens is 709 g/mol. The van der Waals surface area contributed by atoms with Crippen LogP contribution >= 0.6 is 0 Å². The number of esters is 3. The molecule has 0 unspecified atom stereocenters. The van der Waals surface area contributed by atoms with E-state index in [1.807, 2.05) is 0 Å². The van der Waals surface area contributed by atoms with Gasteiger partial charge >= 0.3 is 17.9 Å². The standard InChI is InChI=1S/C51H98O6/c1-6-7-8-9-10-11-16-21-28-33-38-43-51(54)57-48(45-56-50(53)42-37-32-27-23-22-25-30-35-40-47(4)5)44-55-49(52)41-36-31-26-20-18-15-13-12-14-17-19-24-29-34-39-46(2)3/h46-48H,6-45H2,1-5H3/t48-/m1/s1. The zero-order chi connectivity index (χ0) is 41.9. The summed E-state index contributed by atoms with van der Waals surface area (Å²) < 4.78 is 16.8. The summed E-state index contributed by atoms with van der Waals surface area (Å²) in [6, 6.07) is 0. The van der Waals surface area contributed by atoms with Gasteiger partial charge in [0.25, 0.3) is 0 Å². The van der Waals surface area contributed by atoms with Gasteiger partial charge in [0.2, 0.25) is 0 Å². The van der Waals surface area contributed by atoms with Gasteiger partial charge in [-0.2, -0.15) is 0 Å². The van der Waals surface area contributed by atoms with Gasteiger partial charge in [0, 0.05) is 19.3 Å². The van der Waals surface area contributed by atoms with Crippen molar-refractivity contribution < 1.29 is 28.6 Å². The zero-order valence-electron chi connectivity index (χ0n) is 39.0. The lowest BCUT2D eigenvalue weighted by Crippen LogP contribution is -2.30. The minimum absolute atomic E-state index is 0.0641. The van der Waals surface area contributed by atoms with Crippen molar-refractivity contribution in [3.8, 4) is 0 Å². The minimum atomic E-state index is -0.761. The van der Waals surface area contributed by atoms with Crippen LogP contribution in [0.2, 0.25) is 0 Å². The maximum atomic E-state index is 12.7. The Morgan fingerprint density at radius 3 is 0.860 bits per heavy atom. The Hall–Kier alpha value is -1.59. The number of rotatable bonds is 45. The summed E-state index contributed by atoms with van der Waals surface area (Å²) in [5.74, 6) is 0.789. The van der Waals surface area contributed by atoms with E-state index in [0.717, 1.165) is 69.6 Å². The van der Waals surface area contributed by atoms with Crippen molar-refractivity contribution in [3.63, 3.8) is 0 Å². The summed E-state index contributed by atoms with van der Waals surface area (Å²) in [7, 11) is 0. The van der Waals surface area contributed by atoms with E-state index in [9.17, 15) is 14.4 Å². The largest absolute Gasteiger partial charge is 0.462 e. The quantitative estimate of drug-likeness (QED) is 0.0346. The van der Waals surface area contributed by atoms with E-state index in [1.165, 1.54) is 167 Å². The molecule has 6 heteroatoms. The molecule has 0 aromatic carbocycles. The Balaban J connectivity index is 4.27. The molecule has 0 aliphatic carbocycles. The van der Waals surface area contributed by atoms with E-state index < -0.39 is 6.10 Å². The molecule has 0 aliphatic heterocycles. The van der Waals surface area contributed by atoms with Crippen LogP contribution in [0.5, 0.6) is 0 Å². The van der Waals surface area contributed by atoms with Crippen molar-refractivity contribution >= 4 is 17.9 Å². The Kier molecular flexibility index (Phi) is 42.7. The van der Waals surface area contributed by atoms with Crippen LogP contribution in [0.1, 0.15) is 279 Å². The Labute approximate surface area is 355 Å². The lowest BCUT2D eigenvalue weighted by atomic mass is 10.0. The van der Waals surface area contributed by atoms with Crippen LogP contribution in [0.15, 0.2) is 0 Å². The van der Waals surface area contributed by atoms with Crippen LogP contribution in [0, 0.1) is 11.8 Å². The van der Waals surface area contributed by atoms with E-state index in [1.54, 1.807) is 0 Å². The molecule has 0 saturated carbocycles. The zero-order valence-corrected chi connectivity index (χ0v) is 39.0. The number of hydrogen-bond donors (Lipinski definition) is 0. The highest BCUT2D eigenvalue weighted by Gasteiger charge is 2.19. The van der Waals surface area contributed by atoms with E-state index >= 15 is 0 Å². The van der Waals surface area contributed by atoms with Gasteiger partial charge in [-0.05, 0) is 31.1 Å². The predicted molar refractivity (Wildman–Crippen MR) is 243 cm³/mol. The number of carbonyl (C=O) groups is 3. The topological polar surface area (TPSA) is 78.9 Å². The monoisotopic (exact) mass is 807 g/mol. The van der Waals surface area contributed by atoms with Crippen LogP contribution in [-0.4, -0.2) is 37.2 Å². The Morgan fingerprint density at radius 2 is 0.579 bits per heavy atom. The molecule has 0 saturated heterocycles. The first-order chi connectivity index (χ1) is 27.7. The van der Waals surface area contributed by atoms with Crippen molar-refractivity contribution in [3.05, 3.63) is 0 Å². The van der Waals surface area contributed by atoms with E-state index in [2.05, 4.69) is 34.6 Å². The first-order valence-corrected chi connectivity index (χ1v) is 25.2. The molecule has 1 atom stereocenters. The van der Waals surface area contributed by atoms with Gasteiger partial charge in [-0.15, -0.1) is 0 Å². The molecule has 0 spiro atoms. The fraction of sp³-hybridized carbons (Fsp3) is 0.941. The summed E-state index contributed by atoms with van der Waals surface area (Å²) in [5.41, 5.74) is 0. The highest BCUT2D eigenvalue weighted by Crippen LogP contribution is 2.17. The summed E-state index contributed by atoms with van der Waals surface area (Å²) in [6.45, 7) is 11.3. The first-order valence-electron chi connectivity index (χ1n) is 25.2. The van der Waals surface area contributed by atoms with E-state index in [4.69, 9.17) is 14.2 Å². The van der Waals surface area contributed by atoms with Crippen LogP contribution < -0.4 is 0 Å². The number of ether oxygens (including phenoxy) is 3. The molecule has 0 radical (unpaired) electrons. The van der Waals surface area contributed by atoms with Crippen LogP contribution in [0.3, 0.4) is 0 Å². The summed E-state index contributed by atoms with van der Waals surface area (Å²) >= 11 is 0. The van der Waals surface area contributed by atoms with Gasteiger partial charge in [0.05, 0.1) is 0 Å². The summed E-state index contributed by atoms with van der Waals surface area (Å²) in [5, 5.41) is 0. The lowest BCUT2D eigenvalue weighted by molar-refractivity contribution is -0.167. The number of hydrogen-bond acceptors (Lipinski definition) is 6. The molecule has 0 heterocycles. The molecular formula is C51H98O6.